The highest BCUT2D eigenvalue weighted by atomic mass is 19.1. The molecule has 0 spiro atoms. The van der Waals surface area contributed by atoms with Crippen LogP contribution < -0.4 is 5.73 Å². The second-order valence-corrected chi connectivity index (χ2v) is 4.39. The average Bonchev–Trinajstić information content (AvgIpc) is 2.83. The highest BCUT2D eigenvalue weighted by Crippen LogP contribution is 2.12. The number of hydrogen-bond acceptors (Lipinski definition) is 3. The second-order valence-electron chi connectivity index (χ2n) is 4.39. The van der Waals surface area contributed by atoms with Crippen molar-refractivity contribution in [2.75, 3.05) is 5.73 Å². The third-order valence-corrected chi connectivity index (χ3v) is 3.08. The van der Waals surface area contributed by atoms with Gasteiger partial charge in [0.1, 0.15) is 17.5 Å². The van der Waals surface area contributed by atoms with E-state index in [1.807, 2.05) is 22.6 Å². The average molecular weight is 256 g/mol. The monoisotopic (exact) mass is 256 g/mol. The molecule has 0 atom stereocenters. The minimum absolute atomic E-state index is 0.221. The van der Waals surface area contributed by atoms with Crippen molar-refractivity contribution in [1.29, 1.82) is 0 Å². The first-order valence-corrected chi connectivity index (χ1v) is 6.07. The first-order valence-electron chi connectivity index (χ1n) is 6.07. The van der Waals surface area contributed by atoms with Crippen LogP contribution in [0.25, 0.3) is 5.65 Å². The number of anilines is 1. The maximum Gasteiger partial charge on any atom is 0.162 e. The summed E-state index contributed by atoms with van der Waals surface area (Å²) >= 11 is 0. The number of rotatable bonds is 3. The van der Waals surface area contributed by atoms with Crippen LogP contribution in [0.15, 0.2) is 42.5 Å². The summed E-state index contributed by atoms with van der Waals surface area (Å²) in [4.78, 5) is 0. The number of nitrogens with two attached hydrogens (primary N) is 1. The molecule has 3 rings (SSSR count). The van der Waals surface area contributed by atoms with Gasteiger partial charge in [0.2, 0.25) is 0 Å². The summed E-state index contributed by atoms with van der Waals surface area (Å²) < 4.78 is 14.7. The second kappa shape index (κ2) is 4.68. The van der Waals surface area contributed by atoms with Crippen molar-refractivity contribution in [2.24, 2.45) is 0 Å². The number of nitrogen functional groups attached to an aromatic ring is 1. The van der Waals surface area contributed by atoms with Crippen molar-refractivity contribution >= 4 is 11.5 Å². The molecule has 0 aliphatic heterocycles. The lowest BCUT2D eigenvalue weighted by Gasteiger charge is -2.03. The van der Waals surface area contributed by atoms with Crippen LogP contribution in [0.1, 0.15) is 11.4 Å². The maximum atomic E-state index is 12.8. The molecule has 0 saturated heterocycles. The third kappa shape index (κ3) is 2.27. The molecule has 5 heteroatoms. The number of aromatic nitrogens is 3. The van der Waals surface area contributed by atoms with Gasteiger partial charge in [0.25, 0.3) is 0 Å². The number of benzene rings is 1. The van der Waals surface area contributed by atoms with Gasteiger partial charge in [-0.1, -0.05) is 18.2 Å². The molecule has 2 N–H and O–H groups in total. The van der Waals surface area contributed by atoms with E-state index in [9.17, 15) is 4.39 Å². The van der Waals surface area contributed by atoms with Gasteiger partial charge in [-0.3, -0.25) is 4.40 Å². The molecule has 0 radical (unpaired) electrons. The Morgan fingerprint density at radius 1 is 1.00 bits per heavy atom. The lowest BCUT2D eigenvalue weighted by Crippen LogP contribution is -2.02. The number of fused-ring (bicyclic) bond motifs is 1. The largest absolute Gasteiger partial charge is 0.385 e. The summed E-state index contributed by atoms with van der Waals surface area (Å²) in [6.07, 6.45) is 1.48. The predicted molar refractivity (Wildman–Crippen MR) is 71.2 cm³/mol. The predicted octanol–water partition coefficient (Wildman–Crippen LogP) is 2.24. The Bertz CT molecular complexity index is 703. The molecular weight excluding hydrogens is 243 g/mol. The Balaban J connectivity index is 1.84. The number of halogens is 1. The Kier molecular flexibility index (Phi) is 2.87. The van der Waals surface area contributed by atoms with E-state index >= 15 is 0 Å². The van der Waals surface area contributed by atoms with Gasteiger partial charge in [0.15, 0.2) is 5.65 Å². The molecule has 0 aliphatic rings. The van der Waals surface area contributed by atoms with Crippen LogP contribution in [-0.2, 0) is 12.8 Å². The molecule has 0 amide bonds. The van der Waals surface area contributed by atoms with Crippen LogP contribution in [0, 0.1) is 5.82 Å². The molecule has 96 valence electrons. The van der Waals surface area contributed by atoms with Gasteiger partial charge < -0.3 is 5.73 Å². The smallest absolute Gasteiger partial charge is 0.162 e. The first kappa shape index (κ1) is 11.6. The Hall–Kier alpha value is -2.43. The highest BCUT2D eigenvalue weighted by Gasteiger charge is 2.07. The molecule has 0 fully saturated rings. The molecule has 2 heterocycles. The summed E-state index contributed by atoms with van der Waals surface area (Å²) in [5.74, 6) is 1.22. The van der Waals surface area contributed by atoms with E-state index < -0.39 is 0 Å². The van der Waals surface area contributed by atoms with E-state index in [-0.39, 0.29) is 5.82 Å². The summed E-state index contributed by atoms with van der Waals surface area (Å²) in [6.45, 7) is 0. The molecule has 2 aromatic heterocycles. The summed E-state index contributed by atoms with van der Waals surface area (Å²) in [5, 5.41) is 8.23. The zero-order chi connectivity index (χ0) is 13.2. The number of nitrogens with zero attached hydrogens (tertiary/aromatic N) is 3. The van der Waals surface area contributed by atoms with E-state index in [0.29, 0.717) is 12.2 Å². The van der Waals surface area contributed by atoms with Crippen LogP contribution in [0.3, 0.4) is 0 Å². The van der Waals surface area contributed by atoms with Gasteiger partial charge in [-0.2, -0.15) is 0 Å². The zero-order valence-corrected chi connectivity index (χ0v) is 10.3. The molecular formula is C14H13FN4. The van der Waals surface area contributed by atoms with Crippen molar-refractivity contribution < 1.29 is 4.39 Å². The minimum atomic E-state index is -0.221. The molecule has 4 nitrogen and oxygen atoms in total. The standard InChI is InChI=1S/C14H13FN4/c15-11-7-4-10(5-8-11)6-9-14-18-17-13-3-1-2-12(16)19(13)14/h1-5,7-8H,6,9,16H2. The third-order valence-electron chi connectivity index (χ3n) is 3.08. The first-order chi connectivity index (χ1) is 9.24. The number of aryl methyl sites for hydroxylation is 2. The lowest BCUT2D eigenvalue weighted by atomic mass is 10.1. The van der Waals surface area contributed by atoms with Crippen LogP contribution >= 0.6 is 0 Å². The summed E-state index contributed by atoms with van der Waals surface area (Å²) in [5.41, 5.74) is 7.73. The van der Waals surface area contributed by atoms with Gasteiger partial charge in [-0.25, -0.2) is 4.39 Å². The Morgan fingerprint density at radius 2 is 1.79 bits per heavy atom. The quantitative estimate of drug-likeness (QED) is 0.781. The summed E-state index contributed by atoms with van der Waals surface area (Å²) in [6, 6.07) is 12.0. The van der Waals surface area contributed by atoms with Gasteiger partial charge in [-0.05, 0) is 36.2 Å². The molecule has 0 saturated carbocycles. The molecule has 0 aliphatic carbocycles. The fourth-order valence-electron chi connectivity index (χ4n) is 2.10. The van der Waals surface area contributed by atoms with Gasteiger partial charge in [-0.15, -0.1) is 10.2 Å². The fourth-order valence-corrected chi connectivity index (χ4v) is 2.10. The highest BCUT2D eigenvalue weighted by molar-refractivity contribution is 5.47. The van der Waals surface area contributed by atoms with E-state index in [2.05, 4.69) is 10.2 Å². The normalized spacial score (nSPS) is 11.0. The maximum absolute atomic E-state index is 12.8. The molecule has 1 aromatic carbocycles. The van der Waals surface area contributed by atoms with Gasteiger partial charge >= 0.3 is 0 Å². The van der Waals surface area contributed by atoms with Gasteiger partial charge in [0, 0.05) is 6.42 Å². The fraction of sp³-hybridized carbons (Fsp3) is 0.143. The van der Waals surface area contributed by atoms with Crippen LogP contribution in [-0.4, -0.2) is 14.6 Å². The van der Waals surface area contributed by atoms with Crippen LogP contribution in [0.2, 0.25) is 0 Å². The van der Waals surface area contributed by atoms with Crippen molar-refractivity contribution in [3.8, 4) is 0 Å². The van der Waals surface area contributed by atoms with Crippen LogP contribution in [0.5, 0.6) is 0 Å². The van der Waals surface area contributed by atoms with Crippen molar-refractivity contribution in [1.82, 2.24) is 14.6 Å². The van der Waals surface area contributed by atoms with Crippen molar-refractivity contribution in [3.63, 3.8) is 0 Å². The Morgan fingerprint density at radius 3 is 2.58 bits per heavy atom. The zero-order valence-electron chi connectivity index (χ0n) is 10.3. The van der Waals surface area contributed by atoms with E-state index in [1.54, 1.807) is 12.1 Å². The minimum Gasteiger partial charge on any atom is -0.385 e. The van der Waals surface area contributed by atoms with Gasteiger partial charge in [0.05, 0.1) is 0 Å². The Labute approximate surface area is 109 Å². The van der Waals surface area contributed by atoms with Crippen molar-refractivity contribution in [3.05, 3.63) is 59.7 Å². The molecule has 19 heavy (non-hydrogen) atoms. The lowest BCUT2D eigenvalue weighted by molar-refractivity contribution is 0.627. The molecule has 0 bridgehead atoms. The molecule has 0 unspecified atom stereocenters. The van der Waals surface area contributed by atoms with E-state index in [1.165, 1.54) is 12.1 Å². The number of pyridine rings is 1. The van der Waals surface area contributed by atoms with E-state index in [0.717, 1.165) is 23.5 Å². The van der Waals surface area contributed by atoms with Crippen molar-refractivity contribution in [2.45, 2.75) is 12.8 Å². The van der Waals surface area contributed by atoms with E-state index in [4.69, 9.17) is 5.73 Å². The SMILES string of the molecule is Nc1cccc2nnc(CCc3ccc(F)cc3)n12. The number of hydrogen-bond donors (Lipinski definition) is 1. The topological polar surface area (TPSA) is 56.2 Å². The molecule has 3 aromatic rings. The summed E-state index contributed by atoms with van der Waals surface area (Å²) in [7, 11) is 0. The van der Waals surface area contributed by atoms with Crippen LogP contribution in [0.4, 0.5) is 10.2 Å².